The Morgan fingerprint density at radius 3 is 2.33 bits per heavy atom. The average Bonchev–Trinajstić information content (AvgIpc) is 2.17. The van der Waals surface area contributed by atoms with Crippen molar-refractivity contribution >= 4 is 30.2 Å². The Bertz CT molecular complexity index is 129. The van der Waals surface area contributed by atoms with Gasteiger partial charge in [0.15, 0.2) is 0 Å². The van der Waals surface area contributed by atoms with Gasteiger partial charge in [-0.3, -0.25) is 0 Å². The standard InChI is InChI=1S/C4H3S.CN.Cu.Li.H/c1-2-4-5-3-1;1-2;;;/h1-3H;;;;. The Hall–Kier alpha value is 0.307. The van der Waals surface area contributed by atoms with Gasteiger partial charge >= 0.3 is 45.1 Å². The Labute approximate surface area is 79.1 Å². The molecule has 1 heterocycles. The van der Waals surface area contributed by atoms with E-state index in [4.69, 9.17) is 5.26 Å². The molecule has 0 amide bonds. The molecule has 0 aliphatic rings. The Morgan fingerprint density at radius 1 is 1.67 bits per heavy atom. The van der Waals surface area contributed by atoms with Crippen LogP contribution in [0, 0.1) is 15.6 Å². The molecule has 0 fully saturated rings. The third kappa shape index (κ3) is 11.7. The van der Waals surface area contributed by atoms with Crippen molar-refractivity contribution in [3.05, 3.63) is 22.9 Å². The number of hydrogen-bond donors (Lipinski definition) is 0. The van der Waals surface area contributed by atoms with Gasteiger partial charge in [-0.05, 0) is 11.4 Å². The molecular formula is C5H4CuLiNS. The second-order valence-corrected chi connectivity index (χ2v) is 1.75. The summed E-state index contributed by atoms with van der Waals surface area (Å²) in [6.07, 6.45) is 0. The van der Waals surface area contributed by atoms with Gasteiger partial charge in [0.1, 0.15) is 0 Å². The predicted molar refractivity (Wildman–Crippen MR) is 35.9 cm³/mol. The molecular weight excluding hydrogens is 177 g/mol. The van der Waals surface area contributed by atoms with Gasteiger partial charge in [0, 0.05) is 5.38 Å². The summed E-state index contributed by atoms with van der Waals surface area (Å²) in [4.78, 5) is 1.31. The summed E-state index contributed by atoms with van der Waals surface area (Å²) in [7, 11) is 0. The van der Waals surface area contributed by atoms with Crippen molar-refractivity contribution in [1.29, 1.82) is 5.26 Å². The number of nitriles is 1. The molecule has 1 aromatic rings. The fourth-order valence-corrected chi connectivity index (χ4v) is 0.589. The predicted octanol–water partition coefficient (Wildman–Crippen LogP) is 0.914. The minimum Gasteiger partial charge on any atom is -0.143 e. The van der Waals surface area contributed by atoms with Gasteiger partial charge in [0.05, 0.1) is 0 Å². The average molecular weight is 181 g/mol. The molecule has 0 saturated heterocycles. The molecule has 0 atom stereocenters. The molecule has 1 rings (SSSR count). The number of rotatable bonds is 0. The summed E-state index contributed by atoms with van der Waals surface area (Å²) < 4.78 is 0. The number of hydrogen-bond acceptors (Lipinski definition) is 2. The van der Waals surface area contributed by atoms with E-state index in [2.05, 4.69) is 21.4 Å². The van der Waals surface area contributed by atoms with Gasteiger partial charge < -0.3 is 0 Å². The van der Waals surface area contributed by atoms with Crippen LogP contribution in [0.3, 0.4) is 0 Å². The van der Waals surface area contributed by atoms with Crippen molar-refractivity contribution in [2.75, 3.05) is 0 Å². The first kappa shape index (κ1) is 12.0. The second-order valence-electron chi connectivity index (χ2n) is 0.798. The first-order valence-electron chi connectivity index (χ1n) is 1.77. The van der Waals surface area contributed by atoms with Crippen molar-refractivity contribution in [3.63, 3.8) is 0 Å². The first-order valence-corrected chi connectivity index (χ1v) is 3.12. The van der Waals surface area contributed by atoms with Gasteiger partial charge in [-0.2, -0.15) is 0 Å². The van der Waals surface area contributed by atoms with Crippen LogP contribution in [0.5, 0.6) is 0 Å². The topological polar surface area (TPSA) is 23.8 Å². The summed E-state index contributed by atoms with van der Waals surface area (Å²) >= 11 is 5.40. The maximum atomic E-state index is 7.12. The Kier molecular flexibility index (Phi) is 14.9. The van der Waals surface area contributed by atoms with Gasteiger partial charge in [0.2, 0.25) is 0 Å². The van der Waals surface area contributed by atoms with Crippen LogP contribution in [0.1, 0.15) is 0 Å². The minimum atomic E-state index is 0. The zero-order valence-corrected chi connectivity index (χ0v) is 5.65. The van der Waals surface area contributed by atoms with Crippen LogP contribution in [0.15, 0.2) is 17.5 Å². The van der Waals surface area contributed by atoms with E-state index in [-0.39, 0.29) is 18.9 Å². The largest absolute Gasteiger partial charge is 0.143 e. The summed E-state index contributed by atoms with van der Waals surface area (Å²) in [5, 5.41) is 12.0. The first-order chi connectivity index (χ1) is 3.91. The van der Waals surface area contributed by atoms with Crippen LogP contribution >= 0.6 is 11.3 Å². The maximum absolute atomic E-state index is 7.12. The van der Waals surface area contributed by atoms with Gasteiger partial charge in [0.25, 0.3) is 0 Å². The molecule has 0 bridgehead atoms. The molecule has 0 spiro atoms. The molecule has 9 heavy (non-hydrogen) atoms. The van der Waals surface area contributed by atoms with E-state index < -0.39 is 0 Å². The monoisotopic (exact) mass is 180 g/mol. The van der Waals surface area contributed by atoms with Crippen molar-refractivity contribution < 1.29 is 16.0 Å². The molecule has 4 heteroatoms. The smallest absolute Gasteiger partial charge is 0.0442 e. The van der Waals surface area contributed by atoms with Crippen LogP contribution < -0.4 is 0 Å². The fourth-order valence-electron chi connectivity index (χ4n) is 0.196. The van der Waals surface area contributed by atoms with E-state index in [1.165, 1.54) is 4.97 Å². The van der Waals surface area contributed by atoms with Crippen molar-refractivity contribution in [2.24, 2.45) is 0 Å². The molecule has 0 aliphatic carbocycles. The molecule has 1 nitrogen and oxygen atoms in total. The van der Waals surface area contributed by atoms with Gasteiger partial charge in [-0.25, -0.2) is 0 Å². The third-order valence-corrected chi connectivity index (χ3v) is 0.944. The zero-order valence-electron chi connectivity index (χ0n) is 3.89. The van der Waals surface area contributed by atoms with E-state index in [1.807, 2.05) is 17.5 Å². The summed E-state index contributed by atoms with van der Waals surface area (Å²) in [5.74, 6) is 0. The molecule has 47 valence electrons. The minimum absolute atomic E-state index is 0. The van der Waals surface area contributed by atoms with Crippen molar-refractivity contribution in [1.82, 2.24) is 0 Å². The van der Waals surface area contributed by atoms with Crippen molar-refractivity contribution in [3.8, 4) is 4.97 Å². The summed E-state index contributed by atoms with van der Waals surface area (Å²) in [6.45, 7) is 0. The summed E-state index contributed by atoms with van der Waals surface area (Å²) in [6, 6.07) is 3.86. The van der Waals surface area contributed by atoms with Crippen LogP contribution in [0.25, 0.3) is 0 Å². The maximum Gasteiger partial charge on any atom is 0.0442 e. The van der Waals surface area contributed by atoms with Crippen LogP contribution in [-0.2, 0) is 16.0 Å². The second kappa shape index (κ2) is 11.1. The van der Waals surface area contributed by atoms with Crippen molar-refractivity contribution in [2.45, 2.75) is 0 Å². The molecule has 0 saturated carbocycles. The Balaban J connectivity index is 0. The quantitative estimate of drug-likeness (QED) is 0.545. The van der Waals surface area contributed by atoms with Crippen LogP contribution in [0.4, 0.5) is 0 Å². The fraction of sp³-hybridized carbons (Fsp3) is 0. The van der Waals surface area contributed by atoms with Gasteiger partial charge in [-0.15, -0.1) is 11.3 Å². The number of thiophene rings is 1. The number of nitrogens with zero attached hydrogens (tertiary/aromatic N) is 1. The molecule has 0 N–H and O–H groups in total. The van der Waals surface area contributed by atoms with Crippen LogP contribution in [-0.4, -0.2) is 18.9 Å². The zero-order chi connectivity index (χ0) is 6.24. The van der Waals surface area contributed by atoms with E-state index >= 15 is 0 Å². The molecule has 1 aromatic heterocycles. The molecule has 0 aliphatic heterocycles. The SMILES string of the molecule is N#[C][Cu].[LiH].[c]1cccs1. The van der Waals surface area contributed by atoms with Crippen LogP contribution in [0.2, 0.25) is 0 Å². The molecule has 0 aromatic carbocycles. The van der Waals surface area contributed by atoms with Gasteiger partial charge in [-0.1, -0.05) is 6.07 Å². The summed E-state index contributed by atoms with van der Waals surface area (Å²) in [5.41, 5.74) is 0. The van der Waals surface area contributed by atoms with E-state index in [9.17, 15) is 0 Å². The van der Waals surface area contributed by atoms with E-state index in [0.717, 1.165) is 0 Å². The van der Waals surface area contributed by atoms with E-state index in [1.54, 1.807) is 11.3 Å². The molecule has 0 unspecified atom stereocenters. The normalized spacial score (nSPS) is 5.44. The third-order valence-electron chi connectivity index (χ3n) is 0.379. The Morgan fingerprint density at radius 2 is 2.22 bits per heavy atom. The molecule has 1 radical (unpaired) electrons. The van der Waals surface area contributed by atoms with E-state index in [0.29, 0.717) is 0 Å².